The molecule has 9 nitrogen and oxygen atoms in total. The number of benzene rings is 2. The first-order valence-corrected chi connectivity index (χ1v) is 12.4. The fourth-order valence-corrected chi connectivity index (χ4v) is 4.91. The quantitative estimate of drug-likeness (QED) is 0.249. The second-order valence-corrected chi connectivity index (χ2v) is 9.81. The zero-order chi connectivity index (χ0) is 23.4. The Morgan fingerprint density at radius 3 is 2.55 bits per heavy atom. The molecule has 0 radical (unpaired) electrons. The topological polar surface area (TPSA) is 108 Å². The third kappa shape index (κ3) is 6.19. The molecule has 1 saturated heterocycles. The van der Waals surface area contributed by atoms with Crippen LogP contribution in [0.1, 0.15) is 11.1 Å². The van der Waals surface area contributed by atoms with Crippen molar-refractivity contribution in [3.63, 3.8) is 0 Å². The zero-order valence-corrected chi connectivity index (χ0v) is 22.3. The van der Waals surface area contributed by atoms with E-state index < -0.39 is 0 Å². The molecule has 1 aliphatic heterocycles. The Balaban J connectivity index is 1.61. The van der Waals surface area contributed by atoms with Gasteiger partial charge in [-0.25, -0.2) is 5.43 Å². The van der Waals surface area contributed by atoms with E-state index in [1.54, 1.807) is 12.1 Å². The summed E-state index contributed by atoms with van der Waals surface area (Å²) in [6.07, 6.45) is 1.49. The fraction of sp³-hybridized carbons (Fsp3) is 0.238. The molecule has 12 heteroatoms. The van der Waals surface area contributed by atoms with Crippen LogP contribution in [0, 0.1) is 6.92 Å². The van der Waals surface area contributed by atoms with Crippen molar-refractivity contribution in [1.82, 2.24) is 15.0 Å². The van der Waals surface area contributed by atoms with Crippen molar-refractivity contribution in [3.8, 4) is 5.75 Å². The van der Waals surface area contributed by atoms with Crippen molar-refractivity contribution in [2.24, 2.45) is 5.10 Å². The maximum atomic E-state index is 10.2. The Hall–Kier alpha value is -2.28. The number of halogens is 3. The molecule has 0 bridgehead atoms. The van der Waals surface area contributed by atoms with Crippen LogP contribution in [0.25, 0.3) is 0 Å². The number of ether oxygens (including phenoxy) is 1. The maximum Gasteiger partial charge on any atom is 0.250 e. The fourth-order valence-electron chi connectivity index (χ4n) is 3.06. The molecule has 4 rings (SSSR count). The van der Waals surface area contributed by atoms with Crippen LogP contribution in [0.3, 0.4) is 0 Å². The predicted molar refractivity (Wildman–Crippen MR) is 140 cm³/mol. The third-order valence-corrected chi connectivity index (χ3v) is 6.43. The van der Waals surface area contributed by atoms with Crippen LogP contribution in [0.15, 0.2) is 48.9 Å². The number of nitrogens with one attached hydrogen (secondary N) is 2. The van der Waals surface area contributed by atoms with Gasteiger partial charge in [0.25, 0.3) is 0 Å². The van der Waals surface area contributed by atoms with Crippen LogP contribution in [0.2, 0.25) is 0 Å². The van der Waals surface area contributed by atoms with Gasteiger partial charge < -0.3 is 20.1 Å². The molecule has 2 heterocycles. The lowest BCUT2D eigenvalue weighted by Crippen LogP contribution is -2.37. The van der Waals surface area contributed by atoms with Crippen LogP contribution in [0.5, 0.6) is 5.75 Å². The predicted octanol–water partition coefficient (Wildman–Crippen LogP) is 5.20. The van der Waals surface area contributed by atoms with E-state index in [9.17, 15) is 5.11 Å². The van der Waals surface area contributed by atoms with E-state index in [2.05, 4.69) is 78.6 Å². The van der Waals surface area contributed by atoms with E-state index in [0.29, 0.717) is 48.2 Å². The van der Waals surface area contributed by atoms with Gasteiger partial charge in [0.05, 0.1) is 29.6 Å². The van der Waals surface area contributed by atoms with E-state index in [1.165, 1.54) is 6.21 Å². The summed E-state index contributed by atoms with van der Waals surface area (Å²) in [5.41, 5.74) is 5.33. The summed E-state index contributed by atoms with van der Waals surface area (Å²) in [6.45, 7) is 4.60. The van der Waals surface area contributed by atoms with E-state index in [-0.39, 0.29) is 11.7 Å². The highest BCUT2D eigenvalue weighted by molar-refractivity contribution is 9.11. The van der Waals surface area contributed by atoms with Crippen LogP contribution < -0.4 is 15.6 Å². The normalized spacial score (nSPS) is 14.0. The molecule has 0 unspecified atom stereocenters. The Morgan fingerprint density at radius 1 is 1.03 bits per heavy atom. The number of anilines is 4. The maximum absolute atomic E-state index is 10.2. The number of hydrogen-bond acceptors (Lipinski definition) is 9. The van der Waals surface area contributed by atoms with Crippen molar-refractivity contribution < 1.29 is 9.84 Å². The first-order chi connectivity index (χ1) is 15.9. The van der Waals surface area contributed by atoms with E-state index in [4.69, 9.17) is 4.74 Å². The first kappa shape index (κ1) is 23.9. The lowest BCUT2D eigenvalue weighted by molar-refractivity contribution is 0.122. The summed E-state index contributed by atoms with van der Waals surface area (Å²) in [6, 6.07) is 9.47. The molecule has 0 saturated carbocycles. The van der Waals surface area contributed by atoms with Gasteiger partial charge in [0, 0.05) is 27.6 Å². The number of hydrazone groups is 1. The summed E-state index contributed by atoms with van der Waals surface area (Å²) in [4.78, 5) is 15.6. The van der Waals surface area contributed by atoms with Gasteiger partial charge in [-0.2, -0.15) is 20.1 Å². The monoisotopic (exact) mass is 639 g/mol. The Kier molecular flexibility index (Phi) is 7.78. The molecule has 1 fully saturated rings. The van der Waals surface area contributed by atoms with Crippen LogP contribution in [-0.4, -0.2) is 52.6 Å². The Morgan fingerprint density at radius 2 is 1.79 bits per heavy atom. The number of rotatable bonds is 6. The van der Waals surface area contributed by atoms with Crippen LogP contribution >= 0.6 is 47.8 Å². The number of nitrogens with zero attached hydrogens (tertiary/aromatic N) is 5. The van der Waals surface area contributed by atoms with Gasteiger partial charge in [-0.1, -0.05) is 22.0 Å². The van der Waals surface area contributed by atoms with Gasteiger partial charge in [-0.3, -0.25) is 0 Å². The molecule has 3 aromatic rings. The van der Waals surface area contributed by atoms with Gasteiger partial charge >= 0.3 is 0 Å². The average molecular weight is 642 g/mol. The second kappa shape index (κ2) is 10.8. The molecule has 33 heavy (non-hydrogen) atoms. The molecule has 0 aliphatic carbocycles. The summed E-state index contributed by atoms with van der Waals surface area (Å²) in [5.74, 6) is 1.24. The molecule has 0 spiro atoms. The molecular formula is C21H20Br3N7O2. The van der Waals surface area contributed by atoms with Crippen LogP contribution in [0.4, 0.5) is 23.5 Å². The summed E-state index contributed by atoms with van der Waals surface area (Å²) < 4.78 is 7.71. The number of morpholine rings is 1. The molecule has 172 valence electrons. The number of hydrogen-bond donors (Lipinski definition) is 3. The number of phenols is 1. The molecule has 1 aromatic heterocycles. The SMILES string of the molecule is Cc1ccc(Nc2nc(N/N=C\c3cc(Br)cc(Br)c3O)nc(N3CCOCC3)n2)c(Br)c1. The van der Waals surface area contributed by atoms with E-state index in [0.717, 1.165) is 20.2 Å². The number of phenolic OH excluding ortho intramolecular Hbond substituents is 1. The Labute approximate surface area is 216 Å². The molecule has 2 aromatic carbocycles. The van der Waals surface area contributed by atoms with E-state index in [1.807, 2.05) is 30.0 Å². The smallest absolute Gasteiger partial charge is 0.250 e. The van der Waals surface area contributed by atoms with Crippen LogP contribution in [-0.2, 0) is 4.74 Å². The summed E-state index contributed by atoms with van der Waals surface area (Å²) in [5, 5.41) is 17.7. The standard InChI is InChI=1S/C21H20Br3N7O2/c1-12-2-3-17(15(23)8-12)26-19-27-20(29-21(28-19)31-4-6-33-7-5-31)30-25-11-13-9-14(22)10-16(24)18(13)32/h2-3,8-11,32H,4-7H2,1H3,(H2,26,27,28,29,30)/b25-11-. The lowest BCUT2D eigenvalue weighted by Gasteiger charge is -2.27. The molecular weight excluding hydrogens is 622 g/mol. The lowest BCUT2D eigenvalue weighted by atomic mass is 10.2. The molecule has 0 atom stereocenters. The Bertz CT molecular complexity index is 1190. The largest absolute Gasteiger partial charge is 0.506 e. The number of aromatic nitrogens is 3. The summed E-state index contributed by atoms with van der Waals surface area (Å²) in [7, 11) is 0. The van der Waals surface area contributed by atoms with Gasteiger partial charge in [-0.15, -0.1) is 0 Å². The first-order valence-electron chi connectivity index (χ1n) is 9.98. The number of aryl methyl sites for hydroxylation is 1. The van der Waals surface area contributed by atoms with Gasteiger partial charge in [0.2, 0.25) is 17.8 Å². The molecule has 0 amide bonds. The highest BCUT2D eigenvalue weighted by Gasteiger charge is 2.17. The van der Waals surface area contributed by atoms with Crippen molar-refractivity contribution in [2.75, 3.05) is 41.9 Å². The summed E-state index contributed by atoms with van der Waals surface area (Å²) >= 11 is 10.3. The number of aromatic hydroxyl groups is 1. The van der Waals surface area contributed by atoms with Crippen molar-refractivity contribution in [3.05, 3.63) is 54.9 Å². The molecule has 1 aliphatic rings. The van der Waals surface area contributed by atoms with E-state index >= 15 is 0 Å². The van der Waals surface area contributed by atoms with Crippen molar-refractivity contribution in [2.45, 2.75) is 6.92 Å². The van der Waals surface area contributed by atoms with Crippen molar-refractivity contribution in [1.29, 1.82) is 0 Å². The second-order valence-electron chi connectivity index (χ2n) is 7.19. The van der Waals surface area contributed by atoms with Gasteiger partial charge in [0.15, 0.2) is 0 Å². The highest BCUT2D eigenvalue weighted by Crippen LogP contribution is 2.31. The third-order valence-electron chi connectivity index (χ3n) is 4.71. The van der Waals surface area contributed by atoms with Crippen molar-refractivity contribution >= 4 is 77.5 Å². The molecule has 3 N–H and O–H groups in total. The zero-order valence-electron chi connectivity index (χ0n) is 17.5. The van der Waals surface area contributed by atoms with Gasteiger partial charge in [-0.05, 0) is 68.6 Å². The minimum atomic E-state index is 0.0833. The van der Waals surface area contributed by atoms with Gasteiger partial charge in [0.1, 0.15) is 5.75 Å². The minimum Gasteiger partial charge on any atom is -0.506 e. The minimum absolute atomic E-state index is 0.0833. The average Bonchev–Trinajstić information content (AvgIpc) is 2.79. The highest BCUT2D eigenvalue weighted by atomic mass is 79.9.